The fourth-order valence-corrected chi connectivity index (χ4v) is 0.341. The maximum absolute atomic E-state index is 10.3. The molecule has 0 aliphatic heterocycles. The Kier molecular flexibility index (Phi) is 2.98. The summed E-state index contributed by atoms with van der Waals surface area (Å²) in [7, 11) is 0. The summed E-state index contributed by atoms with van der Waals surface area (Å²) in [6, 6.07) is 0. The van der Waals surface area contributed by atoms with Crippen molar-refractivity contribution in [3.05, 3.63) is 28.9 Å². The fourth-order valence-electron chi connectivity index (χ4n) is 0.341. The third-order valence-corrected chi connectivity index (χ3v) is 0.705. The summed E-state index contributed by atoms with van der Waals surface area (Å²) in [5.41, 5.74) is -0.521. The molecule has 0 atom stereocenters. The Morgan fingerprint density at radius 3 is 2.67 bits per heavy atom. The molecule has 1 aromatic rings. The molecule has 0 amide bonds. The molecule has 0 aliphatic rings. The maximum atomic E-state index is 10.3. The molecule has 0 fully saturated rings. The molecule has 0 aliphatic carbocycles. The van der Waals surface area contributed by atoms with Gasteiger partial charge in [0, 0.05) is 23.3 Å². The van der Waals surface area contributed by atoms with Gasteiger partial charge in [0.25, 0.3) is 0 Å². The van der Waals surface area contributed by atoms with Crippen molar-refractivity contribution in [1.29, 1.82) is 0 Å². The van der Waals surface area contributed by atoms with E-state index in [2.05, 4.69) is 4.98 Å². The SMILES string of the molecule is O=c1cnccn1O.[Fe]. The van der Waals surface area contributed by atoms with Crippen molar-refractivity contribution < 1.29 is 22.3 Å². The summed E-state index contributed by atoms with van der Waals surface area (Å²) >= 11 is 0. The van der Waals surface area contributed by atoms with Crippen molar-refractivity contribution in [2.24, 2.45) is 0 Å². The van der Waals surface area contributed by atoms with Crippen LogP contribution in [0.5, 0.6) is 0 Å². The predicted molar refractivity (Wildman–Crippen MR) is 25.7 cm³/mol. The predicted octanol–water partition coefficient (Wildman–Crippen LogP) is -0.522. The van der Waals surface area contributed by atoms with Gasteiger partial charge in [0.1, 0.15) is 0 Å². The second-order valence-electron chi connectivity index (χ2n) is 1.26. The van der Waals surface area contributed by atoms with Gasteiger partial charge in [0.15, 0.2) is 0 Å². The average molecular weight is 168 g/mol. The second kappa shape index (κ2) is 3.27. The van der Waals surface area contributed by atoms with E-state index < -0.39 is 5.56 Å². The van der Waals surface area contributed by atoms with Crippen molar-refractivity contribution in [2.75, 3.05) is 0 Å². The fraction of sp³-hybridized carbons (Fsp3) is 0. The van der Waals surface area contributed by atoms with Crippen LogP contribution in [0.1, 0.15) is 0 Å². The molecule has 50 valence electrons. The Balaban J connectivity index is 0.000000640. The van der Waals surface area contributed by atoms with Gasteiger partial charge in [0.05, 0.1) is 12.4 Å². The summed E-state index contributed by atoms with van der Waals surface area (Å²) < 4.78 is 0.465. The maximum Gasteiger partial charge on any atom is 0.301 e. The molecule has 0 bridgehead atoms. The average Bonchev–Trinajstić information content (AvgIpc) is 1.77. The van der Waals surface area contributed by atoms with E-state index in [1.165, 1.54) is 12.4 Å². The Hall–Kier alpha value is -0.801. The Morgan fingerprint density at radius 2 is 2.33 bits per heavy atom. The molecule has 0 radical (unpaired) electrons. The Bertz CT molecular complexity index is 234. The normalized spacial score (nSPS) is 8.00. The minimum Gasteiger partial charge on any atom is -0.425 e. The molecule has 1 heterocycles. The molecule has 5 heteroatoms. The summed E-state index contributed by atoms with van der Waals surface area (Å²) in [5.74, 6) is 0. The first-order valence-electron chi connectivity index (χ1n) is 2.02. The van der Waals surface area contributed by atoms with Crippen LogP contribution in [-0.4, -0.2) is 14.9 Å². The van der Waals surface area contributed by atoms with Gasteiger partial charge in [-0.2, -0.15) is 4.73 Å². The van der Waals surface area contributed by atoms with E-state index in [1.54, 1.807) is 0 Å². The largest absolute Gasteiger partial charge is 0.425 e. The number of nitrogens with zero attached hydrogens (tertiary/aromatic N) is 2. The first-order chi connectivity index (χ1) is 3.80. The minimum atomic E-state index is -0.521. The number of hydrogen-bond donors (Lipinski definition) is 1. The smallest absolute Gasteiger partial charge is 0.301 e. The first-order valence-corrected chi connectivity index (χ1v) is 2.02. The van der Waals surface area contributed by atoms with Gasteiger partial charge >= 0.3 is 5.56 Å². The summed E-state index contributed by atoms with van der Waals surface area (Å²) in [5, 5.41) is 8.48. The van der Waals surface area contributed by atoms with Gasteiger partial charge in [0.2, 0.25) is 0 Å². The molecular weight excluding hydrogens is 164 g/mol. The van der Waals surface area contributed by atoms with Gasteiger partial charge in [-0.3, -0.25) is 9.78 Å². The van der Waals surface area contributed by atoms with Crippen molar-refractivity contribution in [2.45, 2.75) is 0 Å². The van der Waals surface area contributed by atoms with Crippen LogP contribution in [0.3, 0.4) is 0 Å². The Labute approximate surface area is 61.6 Å². The van der Waals surface area contributed by atoms with Crippen LogP contribution in [0.4, 0.5) is 0 Å². The van der Waals surface area contributed by atoms with Crippen molar-refractivity contribution in [1.82, 2.24) is 9.71 Å². The van der Waals surface area contributed by atoms with Gasteiger partial charge in [-0.05, 0) is 0 Å². The van der Waals surface area contributed by atoms with Crippen LogP contribution in [0.2, 0.25) is 0 Å². The molecule has 1 N–H and O–H groups in total. The monoisotopic (exact) mass is 168 g/mol. The number of hydrogen-bond acceptors (Lipinski definition) is 3. The van der Waals surface area contributed by atoms with E-state index in [0.717, 1.165) is 6.20 Å². The van der Waals surface area contributed by atoms with E-state index in [0.29, 0.717) is 4.73 Å². The van der Waals surface area contributed by atoms with E-state index >= 15 is 0 Å². The molecule has 0 aromatic carbocycles. The third-order valence-electron chi connectivity index (χ3n) is 0.705. The molecule has 4 nitrogen and oxygen atoms in total. The molecule has 0 saturated carbocycles. The van der Waals surface area contributed by atoms with Crippen LogP contribution in [-0.2, 0) is 17.1 Å². The third kappa shape index (κ3) is 1.87. The second-order valence-corrected chi connectivity index (χ2v) is 1.26. The zero-order chi connectivity index (χ0) is 5.98. The van der Waals surface area contributed by atoms with Crippen molar-refractivity contribution in [3.63, 3.8) is 0 Å². The number of aromatic nitrogens is 2. The summed E-state index contributed by atoms with van der Waals surface area (Å²) in [6.45, 7) is 0. The zero-order valence-electron chi connectivity index (χ0n) is 4.34. The molecular formula is C4H4FeN2O2. The summed E-state index contributed by atoms with van der Waals surface area (Å²) in [6.07, 6.45) is 3.52. The molecule has 0 unspecified atom stereocenters. The van der Waals surface area contributed by atoms with Gasteiger partial charge < -0.3 is 5.21 Å². The van der Waals surface area contributed by atoms with Crippen molar-refractivity contribution >= 4 is 0 Å². The quantitative estimate of drug-likeness (QED) is 0.418. The first kappa shape index (κ1) is 8.20. The van der Waals surface area contributed by atoms with Crippen LogP contribution >= 0.6 is 0 Å². The van der Waals surface area contributed by atoms with Gasteiger partial charge in [-0.25, -0.2) is 0 Å². The van der Waals surface area contributed by atoms with Crippen molar-refractivity contribution in [3.8, 4) is 0 Å². The minimum absolute atomic E-state index is 0. The molecule has 1 rings (SSSR count). The van der Waals surface area contributed by atoms with E-state index in [1.807, 2.05) is 0 Å². The van der Waals surface area contributed by atoms with Gasteiger partial charge in [-0.1, -0.05) is 0 Å². The van der Waals surface area contributed by atoms with E-state index in [-0.39, 0.29) is 17.1 Å². The van der Waals surface area contributed by atoms with Crippen LogP contribution in [0.15, 0.2) is 23.4 Å². The Morgan fingerprint density at radius 1 is 1.67 bits per heavy atom. The molecule has 0 saturated heterocycles. The molecule has 1 aromatic heterocycles. The zero-order valence-corrected chi connectivity index (χ0v) is 5.44. The van der Waals surface area contributed by atoms with E-state index in [4.69, 9.17) is 5.21 Å². The molecule has 0 spiro atoms. The standard InChI is InChI=1S/C4H4N2O2.Fe/c7-4-3-5-1-2-6(4)8;/h1-3,8H;. The van der Waals surface area contributed by atoms with E-state index in [9.17, 15) is 4.79 Å². The topological polar surface area (TPSA) is 55.1 Å². The molecule has 9 heavy (non-hydrogen) atoms. The van der Waals surface area contributed by atoms with Crippen LogP contribution in [0, 0.1) is 0 Å². The van der Waals surface area contributed by atoms with Crippen LogP contribution < -0.4 is 5.56 Å². The van der Waals surface area contributed by atoms with Gasteiger partial charge in [-0.15, -0.1) is 0 Å². The van der Waals surface area contributed by atoms with Crippen LogP contribution in [0.25, 0.3) is 0 Å². The summed E-state index contributed by atoms with van der Waals surface area (Å²) in [4.78, 5) is 13.7. The number of rotatable bonds is 0.